The van der Waals surface area contributed by atoms with E-state index in [1.54, 1.807) is 10.9 Å². The second kappa shape index (κ2) is 5.13. The van der Waals surface area contributed by atoms with E-state index in [4.69, 9.17) is 0 Å². The second-order valence-corrected chi connectivity index (χ2v) is 4.48. The summed E-state index contributed by atoms with van der Waals surface area (Å²) in [7, 11) is 3.73. The van der Waals surface area contributed by atoms with E-state index in [2.05, 4.69) is 20.4 Å². The Morgan fingerprint density at radius 1 is 1.05 bits per heavy atom. The van der Waals surface area contributed by atoms with E-state index in [0.29, 0.717) is 5.82 Å². The van der Waals surface area contributed by atoms with Crippen molar-refractivity contribution in [3.05, 3.63) is 48.8 Å². The average Bonchev–Trinajstić information content (AvgIpc) is 2.94. The van der Waals surface area contributed by atoms with Crippen LogP contribution in [0, 0.1) is 0 Å². The fourth-order valence-corrected chi connectivity index (χ4v) is 2.00. The zero-order chi connectivity index (χ0) is 13.9. The molecular formula is C15H15N5. The molecule has 3 aromatic rings. The molecule has 0 fully saturated rings. The van der Waals surface area contributed by atoms with Crippen LogP contribution in [0.1, 0.15) is 0 Å². The van der Waals surface area contributed by atoms with Crippen LogP contribution < -0.4 is 5.32 Å². The molecule has 0 amide bonds. The molecule has 0 atom stereocenters. The second-order valence-electron chi connectivity index (χ2n) is 4.48. The molecule has 0 bridgehead atoms. The lowest BCUT2D eigenvalue weighted by atomic mass is 10.1. The summed E-state index contributed by atoms with van der Waals surface area (Å²) in [5.41, 5.74) is 2.86. The van der Waals surface area contributed by atoms with E-state index in [-0.39, 0.29) is 0 Å². The van der Waals surface area contributed by atoms with E-state index in [1.165, 1.54) is 0 Å². The van der Waals surface area contributed by atoms with Gasteiger partial charge in [0.2, 0.25) is 0 Å². The monoisotopic (exact) mass is 265 g/mol. The van der Waals surface area contributed by atoms with Gasteiger partial charge >= 0.3 is 0 Å². The number of nitrogens with one attached hydrogen (secondary N) is 1. The number of hydrogen-bond donors (Lipinski definition) is 1. The molecule has 5 heteroatoms. The molecule has 2 aromatic heterocycles. The fourth-order valence-electron chi connectivity index (χ4n) is 2.00. The summed E-state index contributed by atoms with van der Waals surface area (Å²) in [4.78, 5) is 9.12. The Hall–Kier alpha value is -2.69. The highest BCUT2D eigenvalue weighted by molar-refractivity contribution is 5.66. The summed E-state index contributed by atoms with van der Waals surface area (Å²) < 4.78 is 1.74. The van der Waals surface area contributed by atoms with Crippen LogP contribution >= 0.6 is 0 Å². The third-order valence-electron chi connectivity index (χ3n) is 3.01. The molecule has 0 aliphatic heterocycles. The number of anilines is 1. The molecule has 0 radical (unpaired) electrons. The molecule has 1 aromatic carbocycles. The minimum absolute atomic E-state index is 0.670. The molecule has 20 heavy (non-hydrogen) atoms. The Morgan fingerprint density at radius 3 is 2.50 bits per heavy atom. The summed E-state index contributed by atoms with van der Waals surface area (Å²) in [6.07, 6.45) is 3.67. The van der Waals surface area contributed by atoms with Crippen molar-refractivity contribution in [3.63, 3.8) is 0 Å². The standard InChI is InChI=1S/C15H15N5/c1-16-14-8-13(11-6-4-3-5-7-11)18-15(19-14)12-9-17-20(2)10-12/h3-10H,1-2H3,(H,16,18,19). The van der Waals surface area contributed by atoms with Crippen LogP contribution in [0.2, 0.25) is 0 Å². The van der Waals surface area contributed by atoms with Gasteiger partial charge in [-0.15, -0.1) is 0 Å². The first-order valence-corrected chi connectivity index (χ1v) is 6.37. The largest absolute Gasteiger partial charge is 0.373 e. The lowest BCUT2D eigenvalue weighted by Crippen LogP contribution is -1.98. The highest BCUT2D eigenvalue weighted by atomic mass is 15.2. The van der Waals surface area contributed by atoms with E-state index >= 15 is 0 Å². The molecular weight excluding hydrogens is 250 g/mol. The lowest BCUT2D eigenvalue weighted by Gasteiger charge is -2.07. The Bertz CT molecular complexity index is 718. The van der Waals surface area contributed by atoms with Crippen LogP contribution in [0.25, 0.3) is 22.6 Å². The number of rotatable bonds is 3. The fraction of sp³-hybridized carbons (Fsp3) is 0.133. The first-order valence-electron chi connectivity index (χ1n) is 6.37. The Morgan fingerprint density at radius 2 is 1.85 bits per heavy atom. The van der Waals surface area contributed by atoms with Crippen LogP contribution in [-0.4, -0.2) is 26.8 Å². The molecule has 3 rings (SSSR count). The molecule has 0 saturated heterocycles. The molecule has 0 aliphatic rings. The van der Waals surface area contributed by atoms with Gasteiger partial charge in [0.1, 0.15) is 5.82 Å². The van der Waals surface area contributed by atoms with Gasteiger partial charge in [0, 0.05) is 31.9 Å². The number of benzene rings is 1. The summed E-state index contributed by atoms with van der Waals surface area (Å²) in [5.74, 6) is 1.46. The number of aryl methyl sites for hydroxylation is 1. The van der Waals surface area contributed by atoms with Gasteiger partial charge in [0.25, 0.3) is 0 Å². The lowest BCUT2D eigenvalue weighted by molar-refractivity contribution is 0.768. The summed E-state index contributed by atoms with van der Waals surface area (Å²) >= 11 is 0. The quantitative estimate of drug-likeness (QED) is 0.791. The van der Waals surface area contributed by atoms with Crippen molar-refractivity contribution in [1.29, 1.82) is 0 Å². The maximum atomic E-state index is 4.63. The van der Waals surface area contributed by atoms with Crippen molar-refractivity contribution in [3.8, 4) is 22.6 Å². The van der Waals surface area contributed by atoms with E-state index in [1.807, 2.05) is 56.7 Å². The molecule has 0 spiro atoms. The van der Waals surface area contributed by atoms with Gasteiger partial charge in [-0.3, -0.25) is 4.68 Å². The normalized spacial score (nSPS) is 10.5. The number of nitrogens with zero attached hydrogens (tertiary/aromatic N) is 4. The van der Waals surface area contributed by atoms with Gasteiger partial charge in [-0.2, -0.15) is 5.10 Å². The summed E-state index contributed by atoms with van der Waals surface area (Å²) in [6.45, 7) is 0. The molecule has 2 heterocycles. The van der Waals surface area contributed by atoms with E-state index in [9.17, 15) is 0 Å². The van der Waals surface area contributed by atoms with Crippen molar-refractivity contribution in [1.82, 2.24) is 19.7 Å². The van der Waals surface area contributed by atoms with Gasteiger partial charge in [-0.05, 0) is 0 Å². The van der Waals surface area contributed by atoms with Crippen molar-refractivity contribution in [2.24, 2.45) is 7.05 Å². The zero-order valence-electron chi connectivity index (χ0n) is 11.4. The first-order chi connectivity index (χ1) is 9.76. The minimum Gasteiger partial charge on any atom is -0.373 e. The maximum absolute atomic E-state index is 4.63. The first kappa shape index (κ1) is 12.3. The Balaban J connectivity index is 2.12. The van der Waals surface area contributed by atoms with Gasteiger partial charge < -0.3 is 5.32 Å². The van der Waals surface area contributed by atoms with Gasteiger partial charge in [-0.25, -0.2) is 9.97 Å². The minimum atomic E-state index is 0.670. The van der Waals surface area contributed by atoms with Crippen molar-refractivity contribution in [2.75, 3.05) is 12.4 Å². The van der Waals surface area contributed by atoms with Crippen molar-refractivity contribution < 1.29 is 0 Å². The van der Waals surface area contributed by atoms with Crippen molar-refractivity contribution in [2.45, 2.75) is 0 Å². The number of aromatic nitrogens is 4. The third kappa shape index (κ3) is 2.38. The Kier molecular flexibility index (Phi) is 3.16. The van der Waals surface area contributed by atoms with E-state index < -0.39 is 0 Å². The maximum Gasteiger partial charge on any atom is 0.165 e. The topological polar surface area (TPSA) is 55.6 Å². The molecule has 1 N–H and O–H groups in total. The molecule has 0 saturated carbocycles. The van der Waals surface area contributed by atoms with Crippen LogP contribution in [0.4, 0.5) is 5.82 Å². The van der Waals surface area contributed by atoms with Crippen LogP contribution in [-0.2, 0) is 7.05 Å². The smallest absolute Gasteiger partial charge is 0.165 e. The summed E-state index contributed by atoms with van der Waals surface area (Å²) in [6, 6.07) is 12.0. The van der Waals surface area contributed by atoms with Crippen LogP contribution in [0.15, 0.2) is 48.8 Å². The van der Waals surface area contributed by atoms with Crippen molar-refractivity contribution >= 4 is 5.82 Å². The zero-order valence-corrected chi connectivity index (χ0v) is 11.4. The van der Waals surface area contributed by atoms with Crippen LogP contribution in [0.3, 0.4) is 0 Å². The molecule has 0 unspecified atom stereocenters. The molecule has 0 aliphatic carbocycles. The SMILES string of the molecule is CNc1cc(-c2ccccc2)nc(-c2cnn(C)c2)n1. The third-order valence-corrected chi connectivity index (χ3v) is 3.01. The predicted molar refractivity (Wildman–Crippen MR) is 79.2 cm³/mol. The molecule has 100 valence electrons. The average molecular weight is 265 g/mol. The van der Waals surface area contributed by atoms with Crippen LogP contribution in [0.5, 0.6) is 0 Å². The van der Waals surface area contributed by atoms with Gasteiger partial charge in [0.05, 0.1) is 17.5 Å². The molecule has 5 nitrogen and oxygen atoms in total. The summed E-state index contributed by atoms with van der Waals surface area (Å²) in [5, 5.41) is 7.24. The van der Waals surface area contributed by atoms with Gasteiger partial charge in [0.15, 0.2) is 5.82 Å². The predicted octanol–water partition coefficient (Wildman–Crippen LogP) is 2.59. The van der Waals surface area contributed by atoms with Gasteiger partial charge in [-0.1, -0.05) is 30.3 Å². The highest BCUT2D eigenvalue weighted by Gasteiger charge is 2.09. The highest BCUT2D eigenvalue weighted by Crippen LogP contribution is 2.23. The number of hydrogen-bond acceptors (Lipinski definition) is 4. The van der Waals surface area contributed by atoms with E-state index in [0.717, 1.165) is 22.6 Å². The Labute approximate surface area is 117 Å².